The van der Waals surface area contributed by atoms with Crippen LogP contribution in [-0.2, 0) is 22.4 Å². The van der Waals surface area contributed by atoms with Crippen LogP contribution in [-0.4, -0.2) is 55.2 Å². The van der Waals surface area contributed by atoms with Gasteiger partial charge in [0.25, 0.3) is 0 Å². The third kappa shape index (κ3) is 5.81. The molecule has 0 N–H and O–H groups in total. The number of fused-ring (bicyclic) bond motifs is 1. The molecular formula is C27H35N3O2S. The molecule has 4 rings (SSSR count). The van der Waals surface area contributed by atoms with Gasteiger partial charge in [0, 0.05) is 26.2 Å². The Balaban J connectivity index is 1.57. The molecule has 0 bridgehead atoms. The monoisotopic (exact) mass is 465 g/mol. The maximum atomic E-state index is 13.6. The quantitative estimate of drug-likeness (QED) is 0.465. The number of hydrogen-bond donors (Lipinski definition) is 0. The van der Waals surface area contributed by atoms with E-state index in [1.54, 1.807) is 11.3 Å². The third-order valence-electron chi connectivity index (χ3n) is 6.51. The van der Waals surface area contributed by atoms with Gasteiger partial charge >= 0.3 is 0 Å². The number of nitrogens with zero attached hydrogens (tertiary/aromatic N) is 3. The molecule has 5 nitrogen and oxygen atoms in total. The summed E-state index contributed by atoms with van der Waals surface area (Å²) in [5, 5.41) is 0.813. The van der Waals surface area contributed by atoms with Crippen molar-refractivity contribution >= 4 is 32.6 Å². The summed E-state index contributed by atoms with van der Waals surface area (Å²) in [5.41, 5.74) is 7.02. The molecule has 3 aromatic rings. The SMILES string of the molecule is CCc1ccc2nc(N(CCCN3CCOCC3)C(=O)Cc3c(C)cc(C)cc3C)sc2c1. The molecule has 0 atom stereocenters. The first-order valence-electron chi connectivity index (χ1n) is 12.0. The molecule has 0 saturated carbocycles. The molecule has 0 unspecified atom stereocenters. The number of amides is 1. The minimum atomic E-state index is 0.127. The van der Waals surface area contributed by atoms with E-state index in [1.807, 2.05) is 4.90 Å². The lowest BCUT2D eigenvalue weighted by atomic mass is 9.97. The van der Waals surface area contributed by atoms with Crippen LogP contribution in [0.4, 0.5) is 5.13 Å². The number of morpholine rings is 1. The highest BCUT2D eigenvalue weighted by Crippen LogP contribution is 2.31. The van der Waals surface area contributed by atoms with Crippen molar-refractivity contribution in [2.45, 2.75) is 47.0 Å². The molecule has 176 valence electrons. The number of aryl methyl sites for hydroxylation is 4. The van der Waals surface area contributed by atoms with Crippen LogP contribution in [0.1, 0.15) is 41.2 Å². The topological polar surface area (TPSA) is 45.7 Å². The summed E-state index contributed by atoms with van der Waals surface area (Å²) in [7, 11) is 0. The number of aromatic nitrogens is 1. The molecule has 1 amide bonds. The van der Waals surface area contributed by atoms with Gasteiger partial charge in [-0.15, -0.1) is 0 Å². The number of ether oxygens (including phenoxy) is 1. The lowest BCUT2D eigenvalue weighted by Gasteiger charge is -2.28. The summed E-state index contributed by atoms with van der Waals surface area (Å²) in [5.74, 6) is 0.127. The largest absolute Gasteiger partial charge is 0.379 e. The number of carbonyl (C=O) groups excluding carboxylic acids is 1. The van der Waals surface area contributed by atoms with E-state index in [1.165, 1.54) is 22.3 Å². The second-order valence-electron chi connectivity index (χ2n) is 9.06. The zero-order valence-electron chi connectivity index (χ0n) is 20.3. The molecule has 1 aliphatic heterocycles. The highest BCUT2D eigenvalue weighted by atomic mass is 32.1. The maximum Gasteiger partial charge on any atom is 0.233 e. The minimum absolute atomic E-state index is 0.127. The fourth-order valence-electron chi connectivity index (χ4n) is 4.63. The maximum absolute atomic E-state index is 13.6. The van der Waals surface area contributed by atoms with Crippen LogP contribution in [0.15, 0.2) is 30.3 Å². The van der Waals surface area contributed by atoms with Crippen molar-refractivity contribution in [1.29, 1.82) is 0 Å². The van der Waals surface area contributed by atoms with E-state index in [2.05, 4.69) is 62.9 Å². The number of benzene rings is 2. The van der Waals surface area contributed by atoms with Crippen LogP contribution in [0.2, 0.25) is 0 Å². The molecule has 6 heteroatoms. The van der Waals surface area contributed by atoms with Gasteiger partial charge < -0.3 is 4.74 Å². The first-order valence-corrected chi connectivity index (χ1v) is 12.8. The van der Waals surface area contributed by atoms with E-state index in [9.17, 15) is 4.79 Å². The van der Waals surface area contributed by atoms with Crippen molar-refractivity contribution < 1.29 is 9.53 Å². The smallest absolute Gasteiger partial charge is 0.233 e. The predicted molar refractivity (Wildman–Crippen MR) is 138 cm³/mol. The van der Waals surface area contributed by atoms with Crippen molar-refractivity contribution in [3.63, 3.8) is 0 Å². The summed E-state index contributed by atoms with van der Waals surface area (Å²) in [6.45, 7) is 13.7. The summed E-state index contributed by atoms with van der Waals surface area (Å²) in [4.78, 5) is 22.9. The van der Waals surface area contributed by atoms with Crippen LogP contribution in [0.3, 0.4) is 0 Å². The van der Waals surface area contributed by atoms with E-state index >= 15 is 0 Å². The predicted octanol–water partition coefficient (Wildman–Crippen LogP) is 5.08. The number of carbonyl (C=O) groups is 1. The molecular weight excluding hydrogens is 430 g/mol. The Hall–Kier alpha value is -2.28. The highest BCUT2D eigenvalue weighted by molar-refractivity contribution is 7.22. The first-order chi connectivity index (χ1) is 15.9. The third-order valence-corrected chi connectivity index (χ3v) is 7.55. The molecule has 2 aromatic carbocycles. The van der Waals surface area contributed by atoms with Gasteiger partial charge in [-0.3, -0.25) is 14.6 Å². The first kappa shape index (κ1) is 23.9. The molecule has 0 radical (unpaired) electrons. The lowest BCUT2D eigenvalue weighted by molar-refractivity contribution is -0.118. The Bertz CT molecular complexity index is 1090. The summed E-state index contributed by atoms with van der Waals surface area (Å²) in [6.07, 6.45) is 2.33. The average Bonchev–Trinajstić information content (AvgIpc) is 3.22. The standard InChI is InChI=1S/C27H35N3O2S/c1-5-22-7-8-24-25(17-22)33-27(28-24)30(10-6-9-29-11-13-32-14-12-29)26(31)18-23-20(3)15-19(2)16-21(23)4/h7-8,15-17H,5-6,9-14,18H2,1-4H3. The van der Waals surface area contributed by atoms with Crippen LogP contribution in [0.25, 0.3) is 10.2 Å². The van der Waals surface area contributed by atoms with E-state index in [0.717, 1.165) is 66.6 Å². The van der Waals surface area contributed by atoms with Gasteiger partial charge in [-0.1, -0.05) is 42.0 Å². The summed E-state index contributed by atoms with van der Waals surface area (Å²) in [6, 6.07) is 10.8. The van der Waals surface area contributed by atoms with Crippen LogP contribution in [0.5, 0.6) is 0 Å². The fourth-order valence-corrected chi connectivity index (χ4v) is 5.70. The van der Waals surface area contributed by atoms with E-state index in [-0.39, 0.29) is 5.91 Å². The van der Waals surface area contributed by atoms with Gasteiger partial charge in [-0.2, -0.15) is 0 Å². The second-order valence-corrected chi connectivity index (χ2v) is 10.1. The number of anilines is 1. The van der Waals surface area contributed by atoms with Gasteiger partial charge in [-0.25, -0.2) is 4.98 Å². The molecule has 0 spiro atoms. The van der Waals surface area contributed by atoms with Crippen LogP contribution in [0, 0.1) is 20.8 Å². The number of thiazole rings is 1. The van der Waals surface area contributed by atoms with Gasteiger partial charge in [0.05, 0.1) is 29.9 Å². The van der Waals surface area contributed by atoms with Crippen molar-refractivity contribution in [1.82, 2.24) is 9.88 Å². The van der Waals surface area contributed by atoms with Crippen LogP contribution >= 0.6 is 11.3 Å². The fraction of sp³-hybridized carbons (Fsp3) is 0.481. The second kappa shape index (κ2) is 10.8. The Kier molecular flexibility index (Phi) is 7.78. The number of rotatable bonds is 8. The Morgan fingerprint density at radius 3 is 2.55 bits per heavy atom. The Morgan fingerprint density at radius 2 is 1.85 bits per heavy atom. The average molecular weight is 466 g/mol. The molecule has 1 aromatic heterocycles. The normalized spacial score (nSPS) is 14.7. The van der Waals surface area contributed by atoms with Crippen molar-refractivity contribution in [2.75, 3.05) is 44.3 Å². The van der Waals surface area contributed by atoms with Crippen LogP contribution < -0.4 is 4.90 Å². The lowest BCUT2D eigenvalue weighted by Crippen LogP contribution is -2.39. The highest BCUT2D eigenvalue weighted by Gasteiger charge is 2.22. The van der Waals surface area contributed by atoms with Gasteiger partial charge in [0.15, 0.2) is 5.13 Å². The van der Waals surface area contributed by atoms with Gasteiger partial charge in [0.2, 0.25) is 5.91 Å². The molecule has 0 aliphatic carbocycles. The Morgan fingerprint density at radius 1 is 1.12 bits per heavy atom. The molecule has 1 fully saturated rings. The molecule has 2 heterocycles. The van der Waals surface area contributed by atoms with E-state index in [4.69, 9.17) is 9.72 Å². The van der Waals surface area contributed by atoms with Gasteiger partial charge in [0.1, 0.15) is 0 Å². The van der Waals surface area contributed by atoms with Crippen molar-refractivity contribution in [2.24, 2.45) is 0 Å². The Labute approximate surface area is 201 Å². The number of hydrogen-bond acceptors (Lipinski definition) is 5. The summed E-state index contributed by atoms with van der Waals surface area (Å²) >= 11 is 1.63. The molecule has 33 heavy (non-hydrogen) atoms. The van der Waals surface area contributed by atoms with Crippen molar-refractivity contribution in [3.05, 3.63) is 58.1 Å². The zero-order valence-corrected chi connectivity index (χ0v) is 21.1. The zero-order chi connectivity index (χ0) is 23.4. The van der Waals surface area contributed by atoms with Crippen molar-refractivity contribution in [3.8, 4) is 0 Å². The molecule has 1 saturated heterocycles. The van der Waals surface area contributed by atoms with E-state index < -0.39 is 0 Å². The summed E-state index contributed by atoms with van der Waals surface area (Å²) < 4.78 is 6.62. The van der Waals surface area contributed by atoms with Gasteiger partial charge in [-0.05, 0) is 68.0 Å². The minimum Gasteiger partial charge on any atom is -0.379 e. The molecule has 1 aliphatic rings. The van der Waals surface area contributed by atoms with E-state index in [0.29, 0.717) is 13.0 Å².